The van der Waals surface area contributed by atoms with E-state index in [0.29, 0.717) is 18.7 Å². The van der Waals surface area contributed by atoms with Crippen LogP contribution in [0.5, 0.6) is 5.75 Å². The maximum Gasteiger partial charge on any atom is 0.239 e. The lowest BCUT2D eigenvalue weighted by molar-refractivity contribution is -0.122. The Morgan fingerprint density at radius 1 is 1.48 bits per heavy atom. The van der Waals surface area contributed by atoms with Crippen LogP contribution in [0, 0.1) is 11.3 Å². The van der Waals surface area contributed by atoms with Crippen molar-refractivity contribution < 1.29 is 9.53 Å². The smallest absolute Gasteiger partial charge is 0.239 e. The molecule has 0 aromatic heterocycles. The number of hydrogen-bond acceptors (Lipinski definition) is 3. The summed E-state index contributed by atoms with van der Waals surface area (Å²) in [5.74, 6) is 0.649. The topological polar surface area (TPSA) is 53.3 Å². The summed E-state index contributed by atoms with van der Waals surface area (Å²) in [6.45, 7) is 8.16. The minimum absolute atomic E-state index is 0.0419. The van der Waals surface area contributed by atoms with Crippen molar-refractivity contribution in [3.63, 3.8) is 0 Å². The van der Waals surface area contributed by atoms with Crippen molar-refractivity contribution in [2.45, 2.75) is 32.1 Å². The van der Waals surface area contributed by atoms with Crippen LogP contribution in [0.4, 0.5) is 5.69 Å². The highest BCUT2D eigenvalue weighted by Gasteiger charge is 2.50. The third-order valence-electron chi connectivity index (χ3n) is 4.22. The van der Waals surface area contributed by atoms with E-state index >= 15 is 0 Å². The molecule has 0 aliphatic carbocycles. The summed E-state index contributed by atoms with van der Waals surface area (Å²) in [6.07, 6.45) is 4.38. The van der Waals surface area contributed by atoms with Crippen molar-refractivity contribution in [1.82, 2.24) is 0 Å². The molecule has 0 saturated carbocycles. The van der Waals surface area contributed by atoms with Gasteiger partial charge in [0, 0.05) is 12.2 Å². The number of benzene rings is 1. The van der Waals surface area contributed by atoms with E-state index in [-0.39, 0.29) is 12.3 Å². The minimum atomic E-state index is -0.848. The van der Waals surface area contributed by atoms with Gasteiger partial charge in [0.2, 0.25) is 5.91 Å². The molecule has 4 heteroatoms. The average molecular weight is 310 g/mol. The Labute approximate surface area is 137 Å². The van der Waals surface area contributed by atoms with E-state index in [1.165, 1.54) is 0 Å². The molecule has 1 aliphatic rings. The molecule has 1 amide bonds. The number of rotatable bonds is 6. The maximum atomic E-state index is 13.1. The van der Waals surface area contributed by atoms with E-state index in [1.54, 1.807) is 18.1 Å². The summed E-state index contributed by atoms with van der Waals surface area (Å²) in [5.41, 5.74) is 1.98. The van der Waals surface area contributed by atoms with Gasteiger partial charge in [0.05, 0.1) is 25.0 Å². The van der Waals surface area contributed by atoms with Gasteiger partial charge in [0.25, 0.3) is 0 Å². The van der Waals surface area contributed by atoms with Gasteiger partial charge in [-0.25, -0.2) is 0 Å². The van der Waals surface area contributed by atoms with E-state index < -0.39 is 5.41 Å². The molecular weight excluding hydrogens is 288 g/mol. The molecule has 120 valence electrons. The van der Waals surface area contributed by atoms with Crippen LogP contribution in [-0.4, -0.2) is 19.6 Å². The lowest BCUT2D eigenvalue weighted by Crippen LogP contribution is -2.40. The Kier molecular flexibility index (Phi) is 4.90. The van der Waals surface area contributed by atoms with E-state index in [1.807, 2.05) is 38.1 Å². The van der Waals surface area contributed by atoms with Crippen molar-refractivity contribution in [3.8, 4) is 11.8 Å². The normalized spacial score (nSPS) is 19.0. The Hall–Kier alpha value is -2.54. The molecule has 1 atom stereocenters. The number of carbonyl (C=O) groups excluding carboxylic acids is 1. The van der Waals surface area contributed by atoms with Gasteiger partial charge in [-0.05, 0) is 44.0 Å². The molecule has 0 unspecified atom stereocenters. The first kappa shape index (κ1) is 16.8. The zero-order valence-corrected chi connectivity index (χ0v) is 13.9. The van der Waals surface area contributed by atoms with Gasteiger partial charge < -0.3 is 9.64 Å². The average Bonchev–Trinajstić information content (AvgIpc) is 2.76. The Balaban J connectivity index is 2.66. The molecule has 1 heterocycles. The molecule has 0 saturated heterocycles. The number of nitriles is 1. The van der Waals surface area contributed by atoms with Crippen LogP contribution in [0.2, 0.25) is 0 Å². The zero-order valence-electron chi connectivity index (χ0n) is 13.9. The van der Waals surface area contributed by atoms with Crippen molar-refractivity contribution in [3.05, 3.63) is 48.1 Å². The van der Waals surface area contributed by atoms with Gasteiger partial charge in [-0.1, -0.05) is 17.7 Å². The molecule has 0 spiro atoms. The van der Waals surface area contributed by atoms with Crippen molar-refractivity contribution in [2.75, 3.05) is 18.6 Å². The second kappa shape index (κ2) is 6.70. The van der Waals surface area contributed by atoms with E-state index in [4.69, 9.17) is 4.74 Å². The van der Waals surface area contributed by atoms with Crippen LogP contribution in [0.25, 0.3) is 0 Å². The maximum absolute atomic E-state index is 13.1. The summed E-state index contributed by atoms with van der Waals surface area (Å²) >= 11 is 0. The van der Waals surface area contributed by atoms with Crippen LogP contribution in [0.15, 0.2) is 42.5 Å². The molecule has 4 nitrogen and oxygen atoms in total. The largest absolute Gasteiger partial charge is 0.497 e. The molecule has 0 bridgehead atoms. The predicted molar refractivity (Wildman–Crippen MR) is 91.5 cm³/mol. The number of carbonyl (C=O) groups is 1. The lowest BCUT2D eigenvalue weighted by atomic mass is 9.75. The fourth-order valence-electron chi connectivity index (χ4n) is 3.01. The molecular formula is C19H22N2O2. The third kappa shape index (κ3) is 2.87. The Morgan fingerprint density at radius 3 is 2.78 bits per heavy atom. The quantitative estimate of drug-likeness (QED) is 0.752. The number of nitrogens with zero attached hydrogens (tertiary/aromatic N) is 2. The van der Waals surface area contributed by atoms with Crippen LogP contribution >= 0.6 is 0 Å². The molecule has 0 N–H and O–H groups in total. The molecule has 0 fully saturated rings. The fourth-order valence-corrected chi connectivity index (χ4v) is 3.01. The monoisotopic (exact) mass is 310 g/mol. The Bertz CT molecular complexity index is 696. The summed E-state index contributed by atoms with van der Waals surface area (Å²) in [5, 5.41) is 9.35. The number of methoxy groups -OCH3 is 1. The SMILES string of the molecule is C=CCN1C(=O)[C@@](CC#N)(CC=C(C)C)c2cc(OC)ccc21. The molecule has 1 aliphatic heterocycles. The number of amides is 1. The summed E-state index contributed by atoms with van der Waals surface area (Å²) in [7, 11) is 1.60. The van der Waals surface area contributed by atoms with Crippen molar-refractivity contribution >= 4 is 11.6 Å². The second-order valence-electron chi connectivity index (χ2n) is 5.99. The highest BCUT2D eigenvalue weighted by Crippen LogP contribution is 2.47. The number of ether oxygens (including phenoxy) is 1. The first-order chi connectivity index (χ1) is 11.0. The van der Waals surface area contributed by atoms with Gasteiger partial charge in [-0.15, -0.1) is 6.58 Å². The second-order valence-corrected chi connectivity index (χ2v) is 5.99. The Morgan fingerprint density at radius 2 is 2.22 bits per heavy atom. The number of fused-ring (bicyclic) bond motifs is 1. The summed E-state index contributed by atoms with van der Waals surface area (Å²) in [6, 6.07) is 7.81. The van der Waals surface area contributed by atoms with Crippen LogP contribution in [0.3, 0.4) is 0 Å². The van der Waals surface area contributed by atoms with E-state index in [2.05, 4.69) is 12.6 Å². The van der Waals surface area contributed by atoms with Gasteiger partial charge in [-0.3, -0.25) is 4.79 Å². The number of allylic oxidation sites excluding steroid dienone is 2. The first-order valence-corrected chi connectivity index (χ1v) is 7.62. The lowest BCUT2D eigenvalue weighted by Gasteiger charge is -2.25. The van der Waals surface area contributed by atoms with E-state index in [0.717, 1.165) is 16.8 Å². The first-order valence-electron chi connectivity index (χ1n) is 7.62. The predicted octanol–water partition coefficient (Wildman–Crippen LogP) is 3.74. The van der Waals surface area contributed by atoms with Crippen LogP contribution in [-0.2, 0) is 10.2 Å². The van der Waals surface area contributed by atoms with Gasteiger partial charge in [0.1, 0.15) is 5.75 Å². The molecule has 1 aromatic carbocycles. The highest BCUT2D eigenvalue weighted by atomic mass is 16.5. The summed E-state index contributed by atoms with van der Waals surface area (Å²) in [4.78, 5) is 14.8. The van der Waals surface area contributed by atoms with Crippen LogP contribution < -0.4 is 9.64 Å². The third-order valence-corrected chi connectivity index (χ3v) is 4.22. The van der Waals surface area contributed by atoms with Crippen molar-refractivity contribution in [2.24, 2.45) is 0 Å². The van der Waals surface area contributed by atoms with Gasteiger partial charge in [-0.2, -0.15) is 5.26 Å². The minimum Gasteiger partial charge on any atom is -0.497 e. The van der Waals surface area contributed by atoms with Gasteiger partial charge in [0.15, 0.2) is 0 Å². The molecule has 23 heavy (non-hydrogen) atoms. The fraction of sp³-hybridized carbons (Fsp3) is 0.368. The van der Waals surface area contributed by atoms with Gasteiger partial charge >= 0.3 is 0 Å². The zero-order chi connectivity index (χ0) is 17.0. The number of hydrogen-bond donors (Lipinski definition) is 0. The highest BCUT2D eigenvalue weighted by molar-refractivity contribution is 6.08. The molecule has 1 aromatic rings. The van der Waals surface area contributed by atoms with Crippen LogP contribution in [0.1, 0.15) is 32.3 Å². The van der Waals surface area contributed by atoms with E-state index in [9.17, 15) is 10.1 Å². The summed E-state index contributed by atoms with van der Waals surface area (Å²) < 4.78 is 5.32. The molecule has 2 rings (SSSR count). The standard InChI is InChI=1S/C19H22N2O2/c1-5-12-21-17-7-6-15(23-4)13-16(17)19(10-11-20,18(21)22)9-8-14(2)3/h5-8,13H,1,9-10,12H2,2-4H3/t19-/m1/s1. The number of anilines is 1. The van der Waals surface area contributed by atoms with Crippen molar-refractivity contribution in [1.29, 1.82) is 5.26 Å². The molecule has 0 radical (unpaired) electrons.